The number of nitrogens with zero attached hydrogens (tertiary/aromatic N) is 2. The van der Waals surface area contributed by atoms with Gasteiger partial charge >= 0.3 is 0 Å². The predicted molar refractivity (Wildman–Crippen MR) is 113 cm³/mol. The van der Waals surface area contributed by atoms with Crippen molar-refractivity contribution >= 4 is 39.3 Å². The zero-order chi connectivity index (χ0) is 20.5. The molecule has 3 rings (SSSR count). The van der Waals surface area contributed by atoms with Gasteiger partial charge in [-0.2, -0.15) is 5.26 Å². The molecule has 0 unspecified atom stereocenters. The standard InChI is InChI=1S/C20H24N4O2S2/c1-12(15-7-6-8-27-15)23-26-11-16(25)22-18-14(10-21)13-9-19(2,3)24-20(4,5)17(13)28-18/h6-8,24H,9,11H2,1-5H3,(H,22,25)/p+1/b23-12-. The van der Waals surface area contributed by atoms with Gasteiger partial charge in [-0.1, -0.05) is 11.2 Å². The lowest BCUT2D eigenvalue weighted by Gasteiger charge is -2.38. The largest absolute Gasteiger partial charge is 0.385 e. The van der Waals surface area contributed by atoms with Crippen LogP contribution < -0.4 is 10.6 Å². The number of nitriles is 1. The first-order valence-electron chi connectivity index (χ1n) is 9.06. The molecule has 148 valence electrons. The van der Waals surface area contributed by atoms with Crippen LogP contribution in [0.1, 0.15) is 55.5 Å². The number of anilines is 1. The van der Waals surface area contributed by atoms with Crippen molar-refractivity contribution in [1.82, 2.24) is 0 Å². The second kappa shape index (κ2) is 7.66. The molecule has 0 bridgehead atoms. The molecule has 1 aliphatic rings. The lowest BCUT2D eigenvalue weighted by Crippen LogP contribution is -3.03. The predicted octanol–water partition coefficient (Wildman–Crippen LogP) is 3.19. The third kappa shape index (κ3) is 4.27. The van der Waals surface area contributed by atoms with Crippen LogP contribution in [-0.4, -0.2) is 23.8 Å². The summed E-state index contributed by atoms with van der Waals surface area (Å²) < 4.78 is 0. The molecule has 0 saturated heterocycles. The van der Waals surface area contributed by atoms with Crippen LogP contribution in [0.2, 0.25) is 0 Å². The Labute approximate surface area is 173 Å². The Hall–Kier alpha value is -2.21. The molecule has 28 heavy (non-hydrogen) atoms. The van der Waals surface area contributed by atoms with Gasteiger partial charge in [-0.15, -0.1) is 22.7 Å². The summed E-state index contributed by atoms with van der Waals surface area (Å²) in [5, 5.41) is 21.4. The third-order valence-electron chi connectivity index (χ3n) is 4.62. The van der Waals surface area contributed by atoms with Crippen molar-refractivity contribution in [2.24, 2.45) is 5.16 Å². The van der Waals surface area contributed by atoms with Crippen LogP contribution in [0.3, 0.4) is 0 Å². The minimum absolute atomic E-state index is 0.00158. The van der Waals surface area contributed by atoms with E-state index in [1.54, 1.807) is 11.3 Å². The highest BCUT2D eigenvalue weighted by atomic mass is 32.1. The van der Waals surface area contributed by atoms with Gasteiger partial charge in [0.25, 0.3) is 5.91 Å². The molecule has 0 atom stereocenters. The molecule has 0 spiro atoms. The highest BCUT2D eigenvalue weighted by Gasteiger charge is 2.44. The Kier molecular flexibility index (Phi) is 5.62. The van der Waals surface area contributed by atoms with Gasteiger partial charge in [0.2, 0.25) is 0 Å². The van der Waals surface area contributed by atoms with Crippen molar-refractivity contribution in [3.63, 3.8) is 0 Å². The summed E-state index contributed by atoms with van der Waals surface area (Å²) in [6, 6.07) is 6.18. The Morgan fingerprint density at radius 2 is 2.18 bits per heavy atom. The van der Waals surface area contributed by atoms with Crippen LogP contribution in [0.5, 0.6) is 0 Å². The molecule has 0 fully saturated rings. The number of carbonyl (C=O) groups excluding carboxylic acids is 1. The fourth-order valence-electron chi connectivity index (χ4n) is 3.79. The molecule has 3 N–H and O–H groups in total. The zero-order valence-electron chi connectivity index (χ0n) is 16.8. The maximum absolute atomic E-state index is 12.3. The molecule has 2 aromatic heterocycles. The van der Waals surface area contributed by atoms with Gasteiger partial charge in [0.05, 0.1) is 26.6 Å². The Bertz CT molecular complexity index is 950. The van der Waals surface area contributed by atoms with Crippen molar-refractivity contribution < 1.29 is 14.9 Å². The third-order valence-corrected chi connectivity index (χ3v) is 7.08. The molecule has 0 aromatic carbocycles. The second-order valence-corrected chi connectivity index (χ2v) is 10.2. The average molecular weight is 418 g/mol. The van der Waals surface area contributed by atoms with E-state index in [0.29, 0.717) is 10.6 Å². The summed E-state index contributed by atoms with van der Waals surface area (Å²) in [5.41, 5.74) is 2.21. The summed E-state index contributed by atoms with van der Waals surface area (Å²) in [6.07, 6.45) is 0.793. The van der Waals surface area contributed by atoms with E-state index < -0.39 is 0 Å². The molecule has 1 aliphatic heterocycles. The smallest absolute Gasteiger partial charge is 0.265 e. The van der Waals surface area contributed by atoms with Crippen molar-refractivity contribution in [2.75, 3.05) is 11.9 Å². The normalized spacial score (nSPS) is 17.5. The topological polar surface area (TPSA) is 91.1 Å². The Balaban J connectivity index is 1.73. The van der Waals surface area contributed by atoms with Gasteiger partial charge in [0.1, 0.15) is 16.6 Å². The monoisotopic (exact) mass is 417 g/mol. The number of nitrogens with one attached hydrogen (secondary N) is 1. The molecule has 0 aliphatic carbocycles. The number of fused-ring (bicyclic) bond motifs is 1. The van der Waals surface area contributed by atoms with Crippen molar-refractivity contribution in [1.29, 1.82) is 5.26 Å². The molecule has 3 heterocycles. The van der Waals surface area contributed by atoms with E-state index in [0.717, 1.165) is 27.5 Å². The zero-order valence-corrected chi connectivity index (χ0v) is 18.4. The molecule has 0 saturated carbocycles. The molecule has 0 radical (unpaired) electrons. The second-order valence-electron chi connectivity index (χ2n) is 8.23. The number of rotatable bonds is 5. The number of hydrogen-bond acceptors (Lipinski definition) is 6. The number of carbonyl (C=O) groups is 1. The van der Waals surface area contributed by atoms with E-state index in [4.69, 9.17) is 4.84 Å². The van der Waals surface area contributed by atoms with Crippen molar-refractivity contribution in [2.45, 2.75) is 52.1 Å². The van der Waals surface area contributed by atoms with Crippen LogP contribution in [0.25, 0.3) is 0 Å². The van der Waals surface area contributed by atoms with Crippen LogP contribution in [0, 0.1) is 11.3 Å². The summed E-state index contributed by atoms with van der Waals surface area (Å²) in [6.45, 7) is 10.3. The van der Waals surface area contributed by atoms with Gasteiger partial charge in [-0.3, -0.25) is 4.79 Å². The maximum atomic E-state index is 12.3. The number of amides is 1. The van der Waals surface area contributed by atoms with Gasteiger partial charge in [-0.25, -0.2) is 0 Å². The Morgan fingerprint density at radius 3 is 2.82 bits per heavy atom. The van der Waals surface area contributed by atoms with E-state index in [1.165, 1.54) is 11.3 Å². The van der Waals surface area contributed by atoms with E-state index in [2.05, 4.69) is 49.6 Å². The van der Waals surface area contributed by atoms with Crippen LogP contribution in [-0.2, 0) is 21.6 Å². The van der Waals surface area contributed by atoms with Gasteiger partial charge in [-0.05, 0) is 51.6 Å². The van der Waals surface area contributed by atoms with E-state index in [9.17, 15) is 10.1 Å². The lowest BCUT2D eigenvalue weighted by atomic mass is 9.81. The highest BCUT2D eigenvalue weighted by molar-refractivity contribution is 7.17. The van der Waals surface area contributed by atoms with E-state index in [-0.39, 0.29) is 23.6 Å². The fourth-order valence-corrected chi connectivity index (χ4v) is 5.72. The van der Waals surface area contributed by atoms with Gasteiger partial charge in [0, 0.05) is 6.42 Å². The molecule has 1 amide bonds. The minimum atomic E-state index is -0.320. The number of quaternary nitrogens is 1. The molecule has 2 aromatic rings. The number of thiophene rings is 2. The molecule has 8 heteroatoms. The van der Waals surface area contributed by atoms with Crippen molar-refractivity contribution in [3.8, 4) is 6.07 Å². The lowest BCUT2D eigenvalue weighted by molar-refractivity contribution is -0.789. The summed E-state index contributed by atoms with van der Waals surface area (Å²) >= 11 is 3.05. The molecular formula is C20H25N4O2S2+. The van der Waals surface area contributed by atoms with E-state index in [1.807, 2.05) is 24.4 Å². The van der Waals surface area contributed by atoms with Gasteiger partial charge < -0.3 is 15.5 Å². The van der Waals surface area contributed by atoms with Gasteiger partial charge in [0.15, 0.2) is 6.61 Å². The number of oxime groups is 1. The summed E-state index contributed by atoms with van der Waals surface area (Å²) in [7, 11) is 0. The van der Waals surface area contributed by atoms with Crippen LogP contribution in [0.4, 0.5) is 5.00 Å². The summed E-state index contributed by atoms with van der Waals surface area (Å²) in [4.78, 5) is 19.7. The number of nitrogens with two attached hydrogens (primary N) is 1. The van der Waals surface area contributed by atoms with Crippen LogP contribution in [0.15, 0.2) is 22.7 Å². The fraction of sp³-hybridized carbons (Fsp3) is 0.450. The average Bonchev–Trinajstić information content (AvgIpc) is 3.21. The van der Waals surface area contributed by atoms with E-state index >= 15 is 0 Å². The first kappa shape index (κ1) is 20.5. The van der Waals surface area contributed by atoms with Crippen molar-refractivity contribution in [3.05, 3.63) is 38.4 Å². The first-order chi connectivity index (χ1) is 13.1. The molecular weight excluding hydrogens is 392 g/mol. The highest BCUT2D eigenvalue weighted by Crippen LogP contribution is 2.41. The Morgan fingerprint density at radius 1 is 1.43 bits per heavy atom. The van der Waals surface area contributed by atoms with Crippen LogP contribution >= 0.6 is 22.7 Å². The SMILES string of the molecule is C/C(=N/OCC(=O)Nc1sc2c(c1C#N)CC(C)(C)[NH2+]C2(C)C)c1cccs1. The maximum Gasteiger partial charge on any atom is 0.265 e. The minimum Gasteiger partial charge on any atom is -0.385 e. The number of hydrogen-bond donors (Lipinski definition) is 2. The summed E-state index contributed by atoms with van der Waals surface area (Å²) in [5.74, 6) is -0.320. The molecule has 6 nitrogen and oxygen atoms in total. The first-order valence-corrected chi connectivity index (χ1v) is 10.8. The quantitative estimate of drug-likeness (QED) is 0.578.